The number of carbonyl (C=O) groups excluding carboxylic acids is 1. The molecule has 2 nitrogen and oxygen atoms in total. The number of carbonyl (C=O) groups is 1. The fourth-order valence-corrected chi connectivity index (χ4v) is 1.47. The van der Waals surface area contributed by atoms with E-state index in [-0.39, 0.29) is 11.9 Å². The van der Waals surface area contributed by atoms with E-state index in [0.717, 1.165) is 11.5 Å². The van der Waals surface area contributed by atoms with E-state index in [2.05, 4.69) is 29.8 Å². The van der Waals surface area contributed by atoms with Gasteiger partial charge in [0.2, 0.25) is 5.91 Å². The highest BCUT2D eigenvalue weighted by molar-refractivity contribution is 7.99. The van der Waals surface area contributed by atoms with Crippen LogP contribution in [0.1, 0.15) is 13.8 Å². The van der Waals surface area contributed by atoms with Gasteiger partial charge in [0.1, 0.15) is 0 Å². The third-order valence-electron chi connectivity index (χ3n) is 1.01. The van der Waals surface area contributed by atoms with E-state index in [1.165, 1.54) is 6.92 Å². The second-order valence-electron chi connectivity index (χ2n) is 2.03. The lowest BCUT2D eigenvalue weighted by molar-refractivity contribution is -0.119. The molecule has 11 heavy (non-hydrogen) atoms. The van der Waals surface area contributed by atoms with Gasteiger partial charge in [0.05, 0.1) is 11.4 Å². The van der Waals surface area contributed by atoms with Gasteiger partial charge in [0, 0.05) is 12.7 Å². The van der Waals surface area contributed by atoms with Crippen molar-refractivity contribution in [3.05, 3.63) is 0 Å². The molecule has 0 bridgehead atoms. The monoisotopic (exact) mass is 190 g/mol. The minimum absolute atomic E-state index is 0.0518. The van der Waals surface area contributed by atoms with Crippen molar-refractivity contribution < 1.29 is 4.79 Å². The van der Waals surface area contributed by atoms with Gasteiger partial charge in [0.15, 0.2) is 0 Å². The Hall–Kier alpha value is -0.0900. The lowest BCUT2D eigenvalue weighted by Gasteiger charge is -2.09. The maximum absolute atomic E-state index is 10.6. The molecular weight excluding hydrogens is 178 g/mol. The quantitative estimate of drug-likeness (QED) is 0.659. The summed E-state index contributed by atoms with van der Waals surface area (Å²) in [6.07, 6.45) is 0. The summed E-state index contributed by atoms with van der Waals surface area (Å²) in [6, 6.07) is -0.0764. The van der Waals surface area contributed by atoms with Gasteiger partial charge < -0.3 is 5.32 Å². The Labute approximate surface area is 77.1 Å². The Morgan fingerprint density at radius 2 is 2.45 bits per heavy atom. The molecule has 0 heterocycles. The Bertz CT molecular complexity index is 138. The van der Waals surface area contributed by atoms with Gasteiger partial charge in [-0.05, 0) is 5.75 Å². The normalized spacial score (nSPS) is 12.2. The van der Waals surface area contributed by atoms with Crippen LogP contribution >= 0.6 is 24.0 Å². The van der Waals surface area contributed by atoms with E-state index >= 15 is 0 Å². The van der Waals surface area contributed by atoms with Crippen LogP contribution in [0.3, 0.4) is 0 Å². The van der Waals surface area contributed by atoms with Crippen molar-refractivity contribution >= 4 is 35.3 Å². The summed E-state index contributed by atoms with van der Waals surface area (Å²) >= 11 is 6.37. The first kappa shape index (κ1) is 10.9. The third-order valence-corrected chi connectivity index (χ3v) is 2.27. The second-order valence-corrected chi connectivity index (χ2v) is 3.59. The Balaban J connectivity index is 3.57. The van der Waals surface area contributed by atoms with Crippen LogP contribution in [0.15, 0.2) is 0 Å². The summed E-state index contributed by atoms with van der Waals surface area (Å²) in [5.41, 5.74) is 0. The summed E-state index contributed by atoms with van der Waals surface area (Å²) in [4.78, 5) is 10.6. The van der Waals surface area contributed by atoms with E-state index in [4.69, 9.17) is 0 Å². The molecule has 0 fully saturated rings. The van der Waals surface area contributed by atoms with Gasteiger partial charge in [-0.2, -0.15) is 11.8 Å². The molecule has 0 saturated carbocycles. The van der Waals surface area contributed by atoms with Crippen LogP contribution in [0.5, 0.6) is 0 Å². The maximum atomic E-state index is 10.6. The minimum atomic E-state index is -0.0764. The molecule has 1 radical (unpaired) electrons. The van der Waals surface area contributed by atoms with Crippen molar-refractivity contribution in [3.8, 4) is 0 Å². The van der Waals surface area contributed by atoms with Crippen LogP contribution in [0, 0.1) is 0 Å². The van der Waals surface area contributed by atoms with Gasteiger partial charge in [-0.1, -0.05) is 19.1 Å². The molecule has 0 aromatic carbocycles. The lowest BCUT2D eigenvalue weighted by Crippen LogP contribution is -2.35. The third kappa shape index (κ3) is 6.31. The molecule has 1 amide bonds. The van der Waals surface area contributed by atoms with Gasteiger partial charge in [0.25, 0.3) is 0 Å². The van der Waals surface area contributed by atoms with Crippen molar-refractivity contribution in [3.63, 3.8) is 0 Å². The zero-order valence-corrected chi connectivity index (χ0v) is 8.35. The van der Waals surface area contributed by atoms with Crippen LogP contribution in [0.25, 0.3) is 0 Å². The predicted molar refractivity (Wildman–Crippen MR) is 53.2 cm³/mol. The first-order valence-corrected chi connectivity index (χ1v) is 4.99. The highest BCUT2D eigenvalue weighted by atomic mass is 32.2. The van der Waals surface area contributed by atoms with Gasteiger partial charge in [-0.3, -0.25) is 4.79 Å². The molecule has 1 atom stereocenters. The van der Waals surface area contributed by atoms with E-state index in [0.29, 0.717) is 0 Å². The highest BCUT2D eigenvalue weighted by Crippen LogP contribution is 2.00. The number of thiocarbonyl (C=S) groups is 1. The maximum Gasteiger partial charge on any atom is 0.217 e. The molecule has 0 aromatic rings. The molecule has 1 unspecified atom stereocenters. The number of nitrogens with one attached hydrogen (secondary N) is 1. The first-order valence-electron chi connectivity index (χ1n) is 3.43. The van der Waals surface area contributed by atoms with Gasteiger partial charge >= 0.3 is 0 Å². The fourth-order valence-electron chi connectivity index (χ4n) is 0.586. The molecule has 0 rings (SSSR count). The van der Waals surface area contributed by atoms with Crippen LogP contribution in [0.2, 0.25) is 0 Å². The zero-order valence-electron chi connectivity index (χ0n) is 6.72. The number of amides is 1. The molecule has 1 N–H and O–H groups in total. The SMILES string of the molecule is CCSCC([C]=S)NC(C)=O. The van der Waals surface area contributed by atoms with Crippen LogP contribution in [-0.2, 0) is 4.79 Å². The number of rotatable bonds is 5. The fraction of sp³-hybridized carbons (Fsp3) is 0.714. The molecule has 0 spiro atoms. The molecular formula is C7H12NOS2. The average molecular weight is 190 g/mol. The van der Waals surface area contributed by atoms with Crippen molar-refractivity contribution in [1.29, 1.82) is 0 Å². The Morgan fingerprint density at radius 3 is 2.82 bits per heavy atom. The highest BCUT2D eigenvalue weighted by Gasteiger charge is 2.05. The first-order chi connectivity index (χ1) is 5.20. The predicted octanol–water partition coefficient (Wildman–Crippen LogP) is 1.12. The Morgan fingerprint density at radius 1 is 1.82 bits per heavy atom. The standard InChI is InChI=1S/C7H12NOS2/c1-3-11-5-7(4-10)8-6(2)9/h7H,3,5H2,1-2H3,(H,8,9). The molecule has 0 aromatic heterocycles. The number of hydrogen-bond donors (Lipinski definition) is 1. The van der Waals surface area contributed by atoms with Crippen molar-refractivity contribution in [1.82, 2.24) is 5.32 Å². The summed E-state index contributed by atoms with van der Waals surface area (Å²) in [5.74, 6) is 1.80. The summed E-state index contributed by atoms with van der Waals surface area (Å²) < 4.78 is 0. The van der Waals surface area contributed by atoms with E-state index < -0.39 is 0 Å². The van der Waals surface area contributed by atoms with Gasteiger partial charge in [-0.15, -0.1) is 0 Å². The summed E-state index contributed by atoms with van der Waals surface area (Å²) in [5, 5.41) is 5.29. The Kier molecular flexibility index (Phi) is 6.56. The molecule has 4 heteroatoms. The van der Waals surface area contributed by atoms with E-state index in [9.17, 15) is 4.79 Å². The molecule has 0 saturated heterocycles. The van der Waals surface area contributed by atoms with Crippen molar-refractivity contribution in [2.24, 2.45) is 0 Å². The smallest absolute Gasteiger partial charge is 0.217 e. The second kappa shape index (κ2) is 6.61. The van der Waals surface area contributed by atoms with Crippen LogP contribution < -0.4 is 5.32 Å². The molecule has 0 aliphatic rings. The van der Waals surface area contributed by atoms with E-state index in [1.54, 1.807) is 11.8 Å². The summed E-state index contributed by atoms with van der Waals surface area (Å²) in [7, 11) is 0. The zero-order chi connectivity index (χ0) is 8.69. The van der Waals surface area contributed by atoms with E-state index in [1.807, 2.05) is 0 Å². The number of hydrogen-bond acceptors (Lipinski definition) is 3. The average Bonchev–Trinajstić information content (AvgIpc) is 1.97. The molecule has 0 aliphatic heterocycles. The van der Waals surface area contributed by atoms with Crippen molar-refractivity contribution in [2.75, 3.05) is 11.5 Å². The lowest BCUT2D eigenvalue weighted by atomic mass is 10.4. The molecule has 63 valence electrons. The minimum Gasteiger partial charge on any atom is -0.348 e. The van der Waals surface area contributed by atoms with Crippen LogP contribution in [-0.4, -0.2) is 28.8 Å². The van der Waals surface area contributed by atoms with Gasteiger partial charge in [-0.25, -0.2) is 0 Å². The van der Waals surface area contributed by atoms with Crippen LogP contribution in [0.4, 0.5) is 0 Å². The number of thioether (sulfide) groups is 1. The molecule has 0 aliphatic carbocycles. The summed E-state index contributed by atoms with van der Waals surface area (Å²) in [6.45, 7) is 3.55. The largest absolute Gasteiger partial charge is 0.348 e. The topological polar surface area (TPSA) is 29.1 Å². The van der Waals surface area contributed by atoms with Crippen molar-refractivity contribution in [2.45, 2.75) is 19.9 Å².